The van der Waals surface area contributed by atoms with E-state index in [0.717, 1.165) is 40.0 Å². The molecule has 0 atom stereocenters. The molecule has 0 unspecified atom stereocenters. The molecule has 1 amide bonds. The number of amides is 1. The van der Waals surface area contributed by atoms with Crippen LogP contribution in [-0.2, 0) is 18.3 Å². The minimum atomic E-state index is -0.860. The average Bonchev–Trinajstić information content (AvgIpc) is 3.42. The van der Waals surface area contributed by atoms with Crippen LogP contribution in [0.3, 0.4) is 0 Å². The van der Waals surface area contributed by atoms with Gasteiger partial charge in [0.2, 0.25) is 5.91 Å². The topological polar surface area (TPSA) is 89.8 Å². The van der Waals surface area contributed by atoms with Crippen molar-refractivity contribution in [1.29, 1.82) is 0 Å². The van der Waals surface area contributed by atoms with Crippen molar-refractivity contribution in [2.75, 3.05) is 18.5 Å². The number of carbonyl (C=O) groups excluding carboxylic acids is 1. The van der Waals surface area contributed by atoms with Crippen molar-refractivity contribution in [3.63, 3.8) is 0 Å². The van der Waals surface area contributed by atoms with Gasteiger partial charge in [0.1, 0.15) is 23.9 Å². The molecular formula is C34H32F2N2O5. The second kappa shape index (κ2) is 12.2. The molecule has 1 heterocycles. The maximum atomic E-state index is 14.6. The number of hydrogen-bond donors (Lipinski definition) is 2. The highest BCUT2D eigenvalue weighted by Gasteiger charge is 2.25. The van der Waals surface area contributed by atoms with E-state index in [1.165, 1.54) is 10.6 Å². The second-order valence-electron chi connectivity index (χ2n) is 10.5. The molecule has 9 heteroatoms. The minimum Gasteiger partial charge on any atom is -0.491 e. The Morgan fingerprint density at radius 1 is 1.02 bits per heavy atom. The Bertz CT molecular complexity index is 1800. The van der Waals surface area contributed by atoms with Crippen LogP contribution in [0.25, 0.3) is 22.8 Å². The number of benzene rings is 3. The summed E-state index contributed by atoms with van der Waals surface area (Å²) in [4.78, 5) is 25.5. The molecule has 0 spiro atoms. The Kier molecular flexibility index (Phi) is 8.45. The summed E-state index contributed by atoms with van der Waals surface area (Å²) < 4.78 is 41.4. The second-order valence-corrected chi connectivity index (χ2v) is 10.5. The molecule has 43 heavy (non-hydrogen) atoms. The summed E-state index contributed by atoms with van der Waals surface area (Å²) in [5, 5.41) is 12.0. The maximum absolute atomic E-state index is 14.6. The molecule has 7 nitrogen and oxygen atoms in total. The van der Waals surface area contributed by atoms with Gasteiger partial charge in [0.05, 0.1) is 6.61 Å². The molecule has 2 N–H and O–H groups in total. The first-order chi connectivity index (χ1) is 20.6. The number of aryl methyl sites for hydroxylation is 3. The Labute approximate surface area is 248 Å². The summed E-state index contributed by atoms with van der Waals surface area (Å²) in [7, 11) is 1.66. The van der Waals surface area contributed by atoms with E-state index in [9.17, 15) is 23.5 Å². The number of pyridine rings is 1. The number of hydrogen-bond acceptors (Lipinski definition) is 5. The molecular weight excluding hydrogens is 554 g/mol. The highest BCUT2D eigenvalue weighted by Crippen LogP contribution is 2.42. The van der Waals surface area contributed by atoms with Gasteiger partial charge in [0, 0.05) is 48.1 Å². The van der Waals surface area contributed by atoms with Crippen molar-refractivity contribution in [3.05, 3.63) is 105 Å². The van der Waals surface area contributed by atoms with E-state index < -0.39 is 11.6 Å². The molecule has 1 aliphatic rings. The number of nitrogens with one attached hydrogen (secondary N) is 1. The summed E-state index contributed by atoms with van der Waals surface area (Å²) in [6.07, 6.45) is 4.30. The molecule has 0 bridgehead atoms. The Morgan fingerprint density at radius 3 is 2.42 bits per heavy atom. The fraction of sp³-hybridized carbons (Fsp3) is 0.235. The first-order valence-electron chi connectivity index (χ1n) is 13.9. The van der Waals surface area contributed by atoms with Crippen LogP contribution in [0.1, 0.15) is 41.2 Å². The van der Waals surface area contributed by atoms with Crippen LogP contribution in [0, 0.1) is 25.5 Å². The largest absolute Gasteiger partial charge is 0.491 e. The summed E-state index contributed by atoms with van der Waals surface area (Å²) in [5.74, 6) is -0.951. The molecule has 0 saturated heterocycles. The third-order valence-corrected chi connectivity index (χ3v) is 7.37. The highest BCUT2D eigenvalue weighted by molar-refractivity contribution is 5.95. The van der Waals surface area contributed by atoms with E-state index in [-0.39, 0.29) is 42.6 Å². The third kappa shape index (κ3) is 6.08. The lowest BCUT2D eigenvalue weighted by atomic mass is 9.94. The Hall–Kier alpha value is -4.76. The average molecular weight is 587 g/mol. The van der Waals surface area contributed by atoms with E-state index in [1.807, 2.05) is 32.1 Å². The van der Waals surface area contributed by atoms with Gasteiger partial charge < -0.3 is 24.5 Å². The van der Waals surface area contributed by atoms with E-state index in [0.29, 0.717) is 34.5 Å². The van der Waals surface area contributed by atoms with Gasteiger partial charge in [-0.1, -0.05) is 6.92 Å². The zero-order valence-corrected chi connectivity index (χ0v) is 24.4. The summed E-state index contributed by atoms with van der Waals surface area (Å²) in [6, 6.07) is 12.0. The van der Waals surface area contributed by atoms with Crippen LogP contribution in [0.5, 0.6) is 17.2 Å². The van der Waals surface area contributed by atoms with Crippen LogP contribution in [0.15, 0.2) is 59.5 Å². The van der Waals surface area contributed by atoms with Gasteiger partial charge in [-0.15, -0.1) is 0 Å². The molecule has 0 radical (unpaired) electrons. The number of nitrogens with zero attached hydrogens (tertiary/aromatic N) is 1. The van der Waals surface area contributed by atoms with Crippen LogP contribution in [0.2, 0.25) is 0 Å². The van der Waals surface area contributed by atoms with Gasteiger partial charge in [-0.2, -0.15) is 0 Å². The van der Waals surface area contributed by atoms with Crippen LogP contribution in [-0.4, -0.2) is 28.8 Å². The third-order valence-electron chi connectivity index (χ3n) is 7.37. The van der Waals surface area contributed by atoms with Gasteiger partial charge in [0.15, 0.2) is 11.6 Å². The highest BCUT2D eigenvalue weighted by atomic mass is 19.1. The van der Waals surface area contributed by atoms with E-state index >= 15 is 0 Å². The van der Waals surface area contributed by atoms with Crippen molar-refractivity contribution in [2.45, 2.75) is 33.6 Å². The van der Waals surface area contributed by atoms with Crippen LogP contribution < -0.4 is 20.3 Å². The van der Waals surface area contributed by atoms with Crippen molar-refractivity contribution in [3.8, 4) is 28.4 Å². The first-order valence-corrected chi connectivity index (χ1v) is 13.9. The van der Waals surface area contributed by atoms with E-state index in [1.54, 1.807) is 38.4 Å². The summed E-state index contributed by atoms with van der Waals surface area (Å²) in [6.45, 7) is 5.72. The predicted octanol–water partition coefficient (Wildman–Crippen LogP) is 6.56. The molecule has 222 valence electrons. The normalized spacial score (nSPS) is 12.1. The molecule has 0 aliphatic heterocycles. The van der Waals surface area contributed by atoms with Gasteiger partial charge in [-0.3, -0.25) is 9.59 Å². The van der Waals surface area contributed by atoms with Gasteiger partial charge in [-0.05, 0) is 96.6 Å². The number of aromatic nitrogens is 1. The zero-order valence-electron chi connectivity index (χ0n) is 24.4. The fourth-order valence-corrected chi connectivity index (χ4v) is 5.31. The van der Waals surface area contributed by atoms with Crippen LogP contribution >= 0.6 is 0 Å². The summed E-state index contributed by atoms with van der Waals surface area (Å²) >= 11 is 0. The molecule has 0 saturated carbocycles. The van der Waals surface area contributed by atoms with Crippen molar-refractivity contribution < 1.29 is 28.2 Å². The van der Waals surface area contributed by atoms with Crippen LogP contribution in [0.4, 0.5) is 14.5 Å². The number of fused-ring (bicyclic) bond motifs is 1. The SMILES string of the molecule is CCC(=O)Nc1ccc(Oc2ccc(F)cc2F)c(-c2cn(C)c(=O)c3c2CC(c2cc(C)c(OCCO)c(C)c2)=C3)c1. The lowest BCUT2D eigenvalue weighted by molar-refractivity contribution is -0.115. The number of anilines is 1. The molecule has 1 aromatic heterocycles. The quantitative estimate of drug-likeness (QED) is 0.232. The number of aliphatic hydroxyl groups excluding tert-OH is 1. The zero-order chi connectivity index (χ0) is 30.8. The number of halogens is 2. The number of ether oxygens (including phenoxy) is 2. The predicted molar refractivity (Wildman–Crippen MR) is 163 cm³/mol. The number of carbonyl (C=O) groups is 1. The molecule has 1 aliphatic carbocycles. The minimum absolute atomic E-state index is 0.0873. The molecule has 4 aromatic rings. The number of rotatable bonds is 9. The van der Waals surface area contributed by atoms with Gasteiger partial charge >= 0.3 is 0 Å². The van der Waals surface area contributed by atoms with E-state index in [2.05, 4.69) is 5.32 Å². The van der Waals surface area contributed by atoms with Crippen molar-refractivity contribution in [2.24, 2.45) is 7.05 Å². The molecule has 5 rings (SSSR count). The lowest BCUT2D eigenvalue weighted by Crippen LogP contribution is -2.20. The fourth-order valence-electron chi connectivity index (χ4n) is 5.31. The van der Waals surface area contributed by atoms with Gasteiger partial charge in [-0.25, -0.2) is 8.78 Å². The number of aliphatic hydroxyl groups is 1. The van der Waals surface area contributed by atoms with Crippen molar-refractivity contribution >= 4 is 23.2 Å². The number of allylic oxidation sites excluding steroid dienone is 1. The Morgan fingerprint density at radius 2 is 1.74 bits per heavy atom. The molecule has 0 fully saturated rings. The van der Waals surface area contributed by atoms with E-state index in [4.69, 9.17) is 9.47 Å². The standard InChI is InChI=1S/C34H32F2N2O5/c1-5-32(40)37-24-7-9-30(43-31-8-6-23(35)16-29(31)36)26(17-24)28-18-38(4)34(41)27-15-22(14-25(27)28)21-12-19(2)33(20(3)13-21)42-11-10-39/h6-9,12-13,15-18,39H,5,10-11,14H2,1-4H3,(H,37,40). The van der Waals surface area contributed by atoms with Crippen molar-refractivity contribution in [1.82, 2.24) is 4.57 Å². The monoisotopic (exact) mass is 586 g/mol. The smallest absolute Gasteiger partial charge is 0.257 e. The Balaban J connectivity index is 1.61. The maximum Gasteiger partial charge on any atom is 0.257 e. The molecule has 3 aromatic carbocycles. The first kappa shape index (κ1) is 29.7. The lowest BCUT2D eigenvalue weighted by Gasteiger charge is -2.18. The van der Waals surface area contributed by atoms with Gasteiger partial charge in [0.25, 0.3) is 5.56 Å². The summed E-state index contributed by atoms with van der Waals surface area (Å²) in [5.41, 5.74) is 6.50.